The van der Waals surface area contributed by atoms with Crippen molar-refractivity contribution >= 4 is 11.7 Å². The van der Waals surface area contributed by atoms with Gasteiger partial charge in [-0.1, -0.05) is 37.1 Å². The molecule has 29 heavy (non-hydrogen) atoms. The molecule has 4 rings (SSSR count). The van der Waals surface area contributed by atoms with Crippen LogP contribution in [-0.4, -0.2) is 32.7 Å². The van der Waals surface area contributed by atoms with Gasteiger partial charge >= 0.3 is 6.03 Å². The standard InChI is InChI=1S/C22H24FN5O/c1-15-24-21(27-26-15)17-8-6-10-19(14-17)25-22(29)28-12-4-2-3-11-20(28)16-7-5-9-18(23)13-16/h5-10,13-14,20H,2-4,11-12H2,1H3,(H,25,29)(H,24,26,27). The second-order valence-corrected chi connectivity index (χ2v) is 7.37. The number of carbonyl (C=O) groups excluding carboxylic acids is 1. The van der Waals surface area contributed by atoms with Crippen LogP contribution in [0.4, 0.5) is 14.9 Å². The lowest BCUT2D eigenvalue weighted by Gasteiger charge is -2.30. The second kappa shape index (κ2) is 8.43. The molecule has 1 aliphatic rings. The number of benzene rings is 2. The highest BCUT2D eigenvalue weighted by Crippen LogP contribution is 2.31. The number of nitrogens with zero attached hydrogens (tertiary/aromatic N) is 3. The van der Waals surface area contributed by atoms with Crippen molar-refractivity contribution < 1.29 is 9.18 Å². The summed E-state index contributed by atoms with van der Waals surface area (Å²) < 4.78 is 13.8. The van der Waals surface area contributed by atoms with Gasteiger partial charge in [-0.3, -0.25) is 5.10 Å². The van der Waals surface area contributed by atoms with Gasteiger partial charge in [0.25, 0.3) is 0 Å². The summed E-state index contributed by atoms with van der Waals surface area (Å²) in [4.78, 5) is 19.3. The van der Waals surface area contributed by atoms with E-state index in [4.69, 9.17) is 0 Å². The Labute approximate surface area is 169 Å². The quantitative estimate of drug-likeness (QED) is 0.652. The number of carbonyl (C=O) groups is 1. The average molecular weight is 393 g/mol. The van der Waals surface area contributed by atoms with Gasteiger partial charge in [-0.15, -0.1) is 0 Å². The number of hydrogen-bond donors (Lipinski definition) is 2. The number of anilines is 1. The summed E-state index contributed by atoms with van der Waals surface area (Å²) in [6.45, 7) is 2.49. The molecule has 0 radical (unpaired) electrons. The maximum Gasteiger partial charge on any atom is 0.322 e. The first kappa shape index (κ1) is 19.1. The molecule has 0 aliphatic carbocycles. The van der Waals surface area contributed by atoms with Crippen molar-refractivity contribution in [3.8, 4) is 11.4 Å². The minimum atomic E-state index is -0.276. The number of aromatic amines is 1. The molecule has 0 spiro atoms. The van der Waals surface area contributed by atoms with Crippen molar-refractivity contribution in [3.63, 3.8) is 0 Å². The van der Waals surface area contributed by atoms with E-state index < -0.39 is 0 Å². The molecule has 7 heteroatoms. The highest BCUT2D eigenvalue weighted by molar-refractivity contribution is 5.90. The molecule has 2 amide bonds. The molecule has 2 aromatic carbocycles. The molecule has 0 saturated carbocycles. The molecule has 1 atom stereocenters. The lowest BCUT2D eigenvalue weighted by Crippen LogP contribution is -2.38. The summed E-state index contributed by atoms with van der Waals surface area (Å²) in [7, 11) is 0. The average Bonchev–Trinajstić information content (AvgIpc) is 3.00. The van der Waals surface area contributed by atoms with E-state index in [1.807, 2.05) is 42.2 Å². The number of rotatable bonds is 3. The number of H-pyrrole nitrogens is 1. The molecule has 0 bridgehead atoms. The van der Waals surface area contributed by atoms with Gasteiger partial charge in [-0.05, 0) is 49.6 Å². The number of urea groups is 1. The van der Waals surface area contributed by atoms with Crippen molar-refractivity contribution in [2.75, 3.05) is 11.9 Å². The summed E-state index contributed by atoms with van der Waals surface area (Å²) in [5.74, 6) is 1.05. The van der Waals surface area contributed by atoms with Crippen LogP contribution in [0.1, 0.15) is 43.1 Å². The van der Waals surface area contributed by atoms with E-state index >= 15 is 0 Å². The van der Waals surface area contributed by atoms with Crippen LogP contribution in [-0.2, 0) is 0 Å². The zero-order valence-corrected chi connectivity index (χ0v) is 16.4. The summed E-state index contributed by atoms with van der Waals surface area (Å²) in [6.07, 6.45) is 3.85. The maximum atomic E-state index is 13.8. The Morgan fingerprint density at radius 2 is 2.03 bits per heavy atom. The zero-order chi connectivity index (χ0) is 20.2. The largest absolute Gasteiger partial charge is 0.322 e. The fourth-order valence-electron chi connectivity index (χ4n) is 3.81. The van der Waals surface area contributed by atoms with Gasteiger partial charge in [0.05, 0.1) is 6.04 Å². The third-order valence-corrected chi connectivity index (χ3v) is 5.22. The van der Waals surface area contributed by atoms with Crippen molar-refractivity contribution in [1.29, 1.82) is 0 Å². The summed E-state index contributed by atoms with van der Waals surface area (Å²) in [5, 5.41) is 10.00. The lowest BCUT2D eigenvalue weighted by molar-refractivity contribution is 0.189. The molecule has 2 heterocycles. The molecule has 1 aromatic heterocycles. The number of nitrogens with one attached hydrogen (secondary N) is 2. The molecule has 6 nitrogen and oxygen atoms in total. The summed E-state index contributed by atoms with van der Waals surface area (Å²) >= 11 is 0. The summed E-state index contributed by atoms with van der Waals surface area (Å²) in [6, 6.07) is 13.7. The van der Waals surface area contributed by atoms with E-state index in [0.717, 1.165) is 42.6 Å². The van der Waals surface area contributed by atoms with Crippen LogP contribution in [0.3, 0.4) is 0 Å². The molecule has 150 valence electrons. The Morgan fingerprint density at radius 3 is 2.83 bits per heavy atom. The number of hydrogen-bond acceptors (Lipinski definition) is 3. The first-order valence-electron chi connectivity index (χ1n) is 9.93. The zero-order valence-electron chi connectivity index (χ0n) is 16.4. The fraction of sp³-hybridized carbons (Fsp3) is 0.318. The normalized spacial score (nSPS) is 17.0. The van der Waals surface area contributed by atoms with Crippen LogP contribution in [0, 0.1) is 12.7 Å². The van der Waals surface area contributed by atoms with Gasteiger partial charge in [-0.25, -0.2) is 14.2 Å². The van der Waals surface area contributed by atoms with Crippen LogP contribution < -0.4 is 5.32 Å². The van der Waals surface area contributed by atoms with Gasteiger partial charge in [0.1, 0.15) is 11.6 Å². The fourth-order valence-corrected chi connectivity index (χ4v) is 3.81. The van der Waals surface area contributed by atoms with Crippen LogP contribution in [0.2, 0.25) is 0 Å². The van der Waals surface area contributed by atoms with E-state index in [-0.39, 0.29) is 17.9 Å². The van der Waals surface area contributed by atoms with Crippen molar-refractivity contribution in [3.05, 3.63) is 65.7 Å². The highest BCUT2D eigenvalue weighted by Gasteiger charge is 2.27. The Balaban J connectivity index is 1.55. The third-order valence-electron chi connectivity index (χ3n) is 5.22. The van der Waals surface area contributed by atoms with E-state index in [1.54, 1.807) is 6.07 Å². The molecule has 2 N–H and O–H groups in total. The lowest BCUT2D eigenvalue weighted by atomic mass is 10.0. The first-order chi connectivity index (χ1) is 14.1. The van der Waals surface area contributed by atoms with Crippen molar-refractivity contribution in [2.45, 2.75) is 38.6 Å². The monoisotopic (exact) mass is 393 g/mol. The maximum absolute atomic E-state index is 13.8. The number of aromatic nitrogens is 3. The molecule has 1 unspecified atom stereocenters. The summed E-state index contributed by atoms with van der Waals surface area (Å²) in [5.41, 5.74) is 2.34. The number of halogens is 1. The molecular weight excluding hydrogens is 369 g/mol. The number of aryl methyl sites for hydroxylation is 1. The topological polar surface area (TPSA) is 73.9 Å². The van der Waals surface area contributed by atoms with Crippen LogP contribution in [0.25, 0.3) is 11.4 Å². The third kappa shape index (κ3) is 4.45. The number of amides is 2. The van der Waals surface area contributed by atoms with Crippen molar-refractivity contribution in [1.82, 2.24) is 20.1 Å². The SMILES string of the molecule is Cc1nc(-c2cccc(NC(=O)N3CCCCCC3c3cccc(F)c3)c2)n[nH]1. The van der Waals surface area contributed by atoms with Crippen LogP contribution >= 0.6 is 0 Å². The van der Waals surface area contributed by atoms with Gasteiger partial charge in [0.15, 0.2) is 5.82 Å². The Hall–Kier alpha value is -3.22. The van der Waals surface area contributed by atoms with Gasteiger partial charge in [-0.2, -0.15) is 5.10 Å². The van der Waals surface area contributed by atoms with Gasteiger partial charge in [0, 0.05) is 17.8 Å². The van der Waals surface area contributed by atoms with Gasteiger partial charge < -0.3 is 10.2 Å². The Kier molecular flexibility index (Phi) is 5.55. The van der Waals surface area contributed by atoms with Crippen LogP contribution in [0.15, 0.2) is 48.5 Å². The Bertz CT molecular complexity index is 1000. The highest BCUT2D eigenvalue weighted by atomic mass is 19.1. The Morgan fingerprint density at radius 1 is 1.17 bits per heavy atom. The molecule has 1 saturated heterocycles. The van der Waals surface area contributed by atoms with E-state index in [1.165, 1.54) is 12.1 Å². The molecule has 3 aromatic rings. The van der Waals surface area contributed by atoms with Gasteiger partial charge in [0.2, 0.25) is 0 Å². The van der Waals surface area contributed by atoms with E-state index in [2.05, 4.69) is 20.5 Å². The van der Waals surface area contributed by atoms with E-state index in [9.17, 15) is 9.18 Å². The van der Waals surface area contributed by atoms with E-state index in [0.29, 0.717) is 18.1 Å². The predicted molar refractivity (Wildman–Crippen MR) is 110 cm³/mol. The predicted octanol–water partition coefficient (Wildman–Crippen LogP) is 5.07. The molecule has 1 aliphatic heterocycles. The minimum Gasteiger partial charge on any atom is -0.317 e. The molecular formula is C22H24FN5O. The second-order valence-electron chi connectivity index (χ2n) is 7.37. The smallest absolute Gasteiger partial charge is 0.317 e. The first-order valence-corrected chi connectivity index (χ1v) is 9.93. The van der Waals surface area contributed by atoms with Crippen LogP contribution in [0.5, 0.6) is 0 Å². The molecule has 1 fully saturated rings. The minimum absolute atomic E-state index is 0.132. The number of likely N-dealkylation sites (tertiary alicyclic amines) is 1. The van der Waals surface area contributed by atoms with Crippen molar-refractivity contribution in [2.24, 2.45) is 0 Å².